The first-order valence-electron chi connectivity index (χ1n) is 6.35. The number of hydrogen-bond donors (Lipinski definition) is 2. The number of likely N-dealkylation sites (N-methyl/N-ethyl adjacent to an activating group) is 1. The number of nitrogens with two attached hydrogens (primary N) is 1. The van der Waals surface area contributed by atoms with Gasteiger partial charge in [0.05, 0.1) is 18.3 Å². The molecule has 0 fully saturated rings. The Balaban J connectivity index is 0. The van der Waals surface area contributed by atoms with Crippen LogP contribution in [0.25, 0.3) is 0 Å². The number of carbonyl (C=O) groups is 1. The van der Waals surface area contributed by atoms with Crippen molar-refractivity contribution in [2.75, 3.05) is 31.9 Å². The average Bonchev–Trinajstić information content (AvgIpc) is 2.37. The molecule has 5 nitrogen and oxygen atoms in total. The molecule has 0 aromatic carbocycles. The molecule has 0 atom stereocenters. The van der Waals surface area contributed by atoms with E-state index in [-0.39, 0.29) is 30.7 Å². The monoisotopic (exact) mass is 322 g/mol. The van der Waals surface area contributed by atoms with Gasteiger partial charge in [-0.15, -0.1) is 24.8 Å². The zero-order valence-corrected chi connectivity index (χ0v) is 13.6. The maximum Gasteiger partial charge on any atom is 0.226 e. The second-order valence-electron chi connectivity index (χ2n) is 4.14. The second-order valence-corrected chi connectivity index (χ2v) is 4.14. The first-order chi connectivity index (χ1) is 8.65. The van der Waals surface area contributed by atoms with Gasteiger partial charge >= 0.3 is 0 Å². The molecule has 0 aliphatic carbocycles. The van der Waals surface area contributed by atoms with Gasteiger partial charge in [0, 0.05) is 18.8 Å². The van der Waals surface area contributed by atoms with E-state index >= 15 is 0 Å². The van der Waals surface area contributed by atoms with E-state index in [1.807, 2.05) is 0 Å². The molecule has 1 rings (SSSR count). The molecule has 0 aliphatic heterocycles. The highest BCUT2D eigenvalue weighted by molar-refractivity contribution is 5.85. The van der Waals surface area contributed by atoms with E-state index in [1.54, 1.807) is 18.3 Å². The molecule has 7 heteroatoms. The van der Waals surface area contributed by atoms with Gasteiger partial charge in [0.15, 0.2) is 0 Å². The van der Waals surface area contributed by atoms with Gasteiger partial charge in [-0.25, -0.2) is 0 Å². The minimum Gasteiger partial charge on any atom is -0.397 e. The normalized spacial score (nSPS) is 9.55. The smallest absolute Gasteiger partial charge is 0.226 e. The Hall–Kier alpha value is -1.04. The maximum absolute atomic E-state index is 11.7. The minimum atomic E-state index is -0.000530. The Kier molecular flexibility index (Phi) is 12.5. The number of carbonyl (C=O) groups excluding carboxylic acids is 1. The molecular weight excluding hydrogens is 299 g/mol. The predicted octanol–water partition coefficient (Wildman–Crippen LogP) is 1.51. The molecule has 0 aliphatic rings. The molecule has 3 N–H and O–H groups in total. The Morgan fingerprint density at radius 2 is 1.95 bits per heavy atom. The van der Waals surface area contributed by atoms with Gasteiger partial charge in [0.2, 0.25) is 5.91 Å². The fourth-order valence-corrected chi connectivity index (χ4v) is 1.66. The highest BCUT2D eigenvalue weighted by atomic mass is 35.5. The van der Waals surface area contributed by atoms with Crippen LogP contribution in [0.5, 0.6) is 0 Å². The fourth-order valence-electron chi connectivity index (χ4n) is 1.66. The lowest BCUT2D eigenvalue weighted by atomic mass is 10.2. The molecule has 1 aromatic heterocycles. The van der Waals surface area contributed by atoms with E-state index in [0.717, 1.165) is 25.3 Å². The third-order valence-electron chi connectivity index (χ3n) is 2.83. The van der Waals surface area contributed by atoms with Crippen LogP contribution in [0.15, 0.2) is 18.3 Å². The molecule has 1 aromatic rings. The number of rotatable bonds is 7. The largest absolute Gasteiger partial charge is 0.397 e. The molecule has 20 heavy (non-hydrogen) atoms. The van der Waals surface area contributed by atoms with E-state index in [9.17, 15) is 4.79 Å². The van der Waals surface area contributed by atoms with E-state index in [1.165, 1.54) is 0 Å². The van der Waals surface area contributed by atoms with Crippen molar-refractivity contribution in [1.82, 2.24) is 15.2 Å². The molecule has 0 bridgehead atoms. The topological polar surface area (TPSA) is 71.2 Å². The van der Waals surface area contributed by atoms with Crippen molar-refractivity contribution in [2.24, 2.45) is 0 Å². The molecule has 0 spiro atoms. The van der Waals surface area contributed by atoms with Gasteiger partial charge in [0.1, 0.15) is 0 Å². The molecule has 0 saturated carbocycles. The molecular formula is C13H24Cl2N4O. The summed E-state index contributed by atoms with van der Waals surface area (Å²) in [6.07, 6.45) is 1.87. The number of hydrogen-bond acceptors (Lipinski definition) is 4. The summed E-state index contributed by atoms with van der Waals surface area (Å²) < 4.78 is 0. The van der Waals surface area contributed by atoms with Crippen molar-refractivity contribution >= 4 is 36.4 Å². The van der Waals surface area contributed by atoms with Crippen LogP contribution in [0.2, 0.25) is 0 Å². The number of halogens is 2. The average molecular weight is 323 g/mol. The highest BCUT2D eigenvalue weighted by Crippen LogP contribution is 2.01. The van der Waals surface area contributed by atoms with Crippen molar-refractivity contribution in [3.8, 4) is 0 Å². The van der Waals surface area contributed by atoms with Crippen molar-refractivity contribution in [2.45, 2.75) is 20.3 Å². The van der Waals surface area contributed by atoms with Crippen molar-refractivity contribution in [1.29, 1.82) is 0 Å². The number of aromatic nitrogens is 1. The summed E-state index contributed by atoms with van der Waals surface area (Å²) in [6.45, 7) is 7.80. The van der Waals surface area contributed by atoms with Crippen LogP contribution < -0.4 is 11.1 Å². The summed E-state index contributed by atoms with van der Waals surface area (Å²) in [7, 11) is 0. The SMILES string of the molecule is CCN(CC)CCNC(=O)Cc1ccc(N)cn1.Cl.Cl. The van der Waals surface area contributed by atoms with Gasteiger partial charge in [0.25, 0.3) is 0 Å². The number of nitrogen functional groups attached to an aromatic ring is 1. The van der Waals surface area contributed by atoms with E-state index < -0.39 is 0 Å². The zero-order valence-electron chi connectivity index (χ0n) is 12.0. The Morgan fingerprint density at radius 3 is 2.45 bits per heavy atom. The van der Waals surface area contributed by atoms with Crippen LogP contribution in [-0.4, -0.2) is 42.0 Å². The van der Waals surface area contributed by atoms with Crippen LogP contribution in [0.3, 0.4) is 0 Å². The minimum absolute atomic E-state index is 0. The van der Waals surface area contributed by atoms with E-state index in [0.29, 0.717) is 18.7 Å². The van der Waals surface area contributed by atoms with E-state index in [2.05, 4.69) is 29.0 Å². The first-order valence-corrected chi connectivity index (χ1v) is 6.35. The number of pyridine rings is 1. The highest BCUT2D eigenvalue weighted by Gasteiger charge is 2.05. The Bertz CT molecular complexity index is 369. The predicted molar refractivity (Wildman–Crippen MR) is 87.6 cm³/mol. The fraction of sp³-hybridized carbons (Fsp3) is 0.538. The molecule has 116 valence electrons. The Morgan fingerprint density at radius 1 is 1.30 bits per heavy atom. The quantitative estimate of drug-likeness (QED) is 0.798. The molecule has 1 amide bonds. The van der Waals surface area contributed by atoms with Crippen molar-refractivity contribution in [3.05, 3.63) is 24.0 Å². The Labute approximate surface area is 133 Å². The van der Waals surface area contributed by atoms with E-state index in [4.69, 9.17) is 5.73 Å². The summed E-state index contributed by atoms with van der Waals surface area (Å²) in [5, 5.41) is 2.89. The molecule has 0 saturated heterocycles. The van der Waals surface area contributed by atoms with Crippen LogP contribution in [-0.2, 0) is 11.2 Å². The van der Waals surface area contributed by atoms with Gasteiger partial charge < -0.3 is 16.0 Å². The number of anilines is 1. The summed E-state index contributed by atoms with van der Waals surface area (Å²) in [6, 6.07) is 3.53. The lowest BCUT2D eigenvalue weighted by Crippen LogP contribution is -2.35. The maximum atomic E-state index is 11.7. The van der Waals surface area contributed by atoms with Crippen LogP contribution in [0.1, 0.15) is 19.5 Å². The van der Waals surface area contributed by atoms with Crippen molar-refractivity contribution < 1.29 is 4.79 Å². The van der Waals surface area contributed by atoms with Crippen LogP contribution in [0.4, 0.5) is 5.69 Å². The molecule has 1 heterocycles. The molecule has 0 unspecified atom stereocenters. The summed E-state index contributed by atoms with van der Waals surface area (Å²) >= 11 is 0. The zero-order chi connectivity index (χ0) is 13.4. The lowest BCUT2D eigenvalue weighted by Gasteiger charge is -2.17. The second kappa shape index (κ2) is 11.8. The lowest BCUT2D eigenvalue weighted by molar-refractivity contribution is -0.120. The van der Waals surface area contributed by atoms with Gasteiger partial charge in [-0.05, 0) is 25.2 Å². The number of amides is 1. The summed E-state index contributed by atoms with van der Waals surface area (Å²) in [5.41, 5.74) is 6.89. The molecule has 0 radical (unpaired) electrons. The summed E-state index contributed by atoms with van der Waals surface area (Å²) in [5.74, 6) is -0.000530. The van der Waals surface area contributed by atoms with Gasteiger partial charge in [-0.1, -0.05) is 13.8 Å². The third kappa shape index (κ3) is 8.19. The van der Waals surface area contributed by atoms with Crippen molar-refractivity contribution in [3.63, 3.8) is 0 Å². The first kappa shape index (κ1) is 21.3. The van der Waals surface area contributed by atoms with Crippen LogP contribution >= 0.6 is 24.8 Å². The van der Waals surface area contributed by atoms with Gasteiger partial charge in [-0.2, -0.15) is 0 Å². The van der Waals surface area contributed by atoms with Crippen LogP contribution in [0, 0.1) is 0 Å². The third-order valence-corrected chi connectivity index (χ3v) is 2.83. The number of nitrogens with zero attached hydrogens (tertiary/aromatic N) is 2. The summed E-state index contributed by atoms with van der Waals surface area (Å²) in [4.78, 5) is 18.0. The number of nitrogens with one attached hydrogen (secondary N) is 1. The van der Waals surface area contributed by atoms with Gasteiger partial charge in [-0.3, -0.25) is 9.78 Å². The standard InChI is InChI=1S/C13H22N4O.2ClH/c1-3-17(4-2)8-7-15-13(18)9-12-6-5-11(14)10-16-12;;/h5-6,10H,3-4,7-9,14H2,1-2H3,(H,15,18);2*1H.